The first-order valence-electron chi connectivity index (χ1n) is 9.91. The summed E-state index contributed by atoms with van der Waals surface area (Å²) in [7, 11) is 1.91. The molecule has 0 aromatic rings. The van der Waals surface area contributed by atoms with E-state index < -0.39 is 0 Å². The van der Waals surface area contributed by atoms with E-state index in [9.17, 15) is 0 Å². The van der Waals surface area contributed by atoms with E-state index in [1.54, 1.807) is 0 Å². The number of hydrogen-bond acceptors (Lipinski definition) is 4. The predicted molar refractivity (Wildman–Crippen MR) is 135 cm³/mol. The second kappa shape index (κ2) is 27.1. The molecule has 6 nitrogen and oxygen atoms in total. The van der Waals surface area contributed by atoms with Gasteiger partial charge in [-0.1, -0.05) is 0 Å². The Kier molecular flexibility index (Phi) is 43.8. The van der Waals surface area contributed by atoms with Crippen molar-refractivity contribution >= 4 is 0 Å². The number of nitrogens with two attached hydrogens (primary N) is 1. The van der Waals surface area contributed by atoms with Crippen LogP contribution in [0.15, 0.2) is 0 Å². The van der Waals surface area contributed by atoms with Crippen molar-refractivity contribution in [3.8, 4) is 0 Å². The van der Waals surface area contributed by atoms with Crippen LogP contribution in [0.25, 0.3) is 11.1 Å². The van der Waals surface area contributed by atoms with Gasteiger partial charge in [-0.2, -0.15) is 7.05 Å². The van der Waals surface area contributed by atoms with E-state index in [2.05, 4.69) is 61.6 Å². The van der Waals surface area contributed by atoms with Gasteiger partial charge >= 0.3 is 0 Å². The molecule has 3 heterocycles. The first-order valence-corrected chi connectivity index (χ1v) is 9.91. The van der Waals surface area contributed by atoms with Crippen molar-refractivity contribution in [3.05, 3.63) is 40.8 Å². The Morgan fingerprint density at radius 3 is 1.09 bits per heavy atom. The molecule has 3 N–H and O–H groups in total. The molecule has 0 bridgehead atoms. The Morgan fingerprint density at radius 1 is 0.656 bits per heavy atom. The molecule has 3 radical (unpaired) electrons. The second-order valence-corrected chi connectivity index (χ2v) is 8.51. The first kappa shape index (κ1) is 51.7. The van der Waals surface area contributed by atoms with E-state index in [0.29, 0.717) is 30.2 Å². The van der Waals surface area contributed by atoms with Crippen molar-refractivity contribution in [2.24, 2.45) is 5.73 Å². The summed E-state index contributed by atoms with van der Waals surface area (Å²) < 4.78 is 0. The largest absolute Gasteiger partial charge is 0.673 e. The third-order valence-electron chi connectivity index (χ3n) is 5.29. The van der Waals surface area contributed by atoms with Crippen LogP contribution >= 0.6 is 0 Å². The topological polar surface area (TPSA) is 73.6 Å². The van der Waals surface area contributed by atoms with Crippen LogP contribution < -0.4 is 5.73 Å². The molecule has 32 heavy (non-hydrogen) atoms. The van der Waals surface area contributed by atoms with Crippen molar-refractivity contribution < 1.29 is 98.1 Å². The Balaban J connectivity index is -0.0000000529. The van der Waals surface area contributed by atoms with Gasteiger partial charge in [0.1, 0.15) is 0 Å². The van der Waals surface area contributed by atoms with Crippen LogP contribution in [0, 0.1) is 29.7 Å². The molecule has 0 aromatic carbocycles. The average molecular weight is 681 g/mol. The minimum absolute atomic E-state index is 0. The molecular formula is C23H54N6Y3-6. The third-order valence-corrected chi connectivity index (χ3v) is 5.29. The monoisotopic (exact) mass is 681 g/mol. The second-order valence-electron chi connectivity index (χ2n) is 8.51. The molecule has 0 atom stereocenters. The molecule has 0 aromatic heterocycles. The number of rotatable bonds is 4. The molecule has 3 fully saturated rings. The van der Waals surface area contributed by atoms with E-state index in [0.717, 1.165) is 26.2 Å². The standard InChI is InChI=1S/C7H15N2.C6H14N2.C6H13N2.4CH3.3Y/c1-6(2)9-4-7(5-9)8-3;2*1-5(2)8-3-6(7)4-8;;;;;;;/h6-7H,4-5H2,1-3H3;5-6H,3-4,7H2,1-2H3;5-7H,3-4H2,1-2H3;4*1H3;;;/q-1;;5*-1;;;. The van der Waals surface area contributed by atoms with E-state index in [1.165, 1.54) is 13.1 Å². The van der Waals surface area contributed by atoms with Crippen molar-refractivity contribution in [3.63, 3.8) is 0 Å². The summed E-state index contributed by atoms with van der Waals surface area (Å²) in [4.78, 5) is 7.10. The summed E-state index contributed by atoms with van der Waals surface area (Å²) in [6.07, 6.45) is 0. The predicted octanol–water partition coefficient (Wildman–Crippen LogP) is 4.05. The van der Waals surface area contributed by atoms with Gasteiger partial charge in [-0.05, 0) is 67.7 Å². The van der Waals surface area contributed by atoms with Crippen molar-refractivity contribution in [1.82, 2.24) is 14.7 Å². The zero-order chi connectivity index (χ0) is 19.1. The zero-order valence-corrected chi connectivity index (χ0v) is 31.8. The van der Waals surface area contributed by atoms with Gasteiger partial charge in [0.25, 0.3) is 0 Å². The Labute approximate surface area is 279 Å². The molecule has 0 unspecified atom stereocenters. The maximum absolute atomic E-state index is 7.20. The number of nitrogens with one attached hydrogen (secondary N) is 1. The summed E-state index contributed by atoms with van der Waals surface area (Å²) in [6, 6.07) is 3.34. The van der Waals surface area contributed by atoms with E-state index >= 15 is 0 Å². The number of likely N-dealkylation sites (tertiary alicyclic amines) is 3. The quantitative estimate of drug-likeness (QED) is 0.455. The Hall–Kier alpha value is 3.07. The first-order chi connectivity index (χ1) is 11.6. The summed E-state index contributed by atoms with van der Waals surface area (Å²) in [5, 5.41) is 4.18. The minimum atomic E-state index is 0. The van der Waals surface area contributed by atoms with Crippen LogP contribution in [-0.4, -0.2) is 97.3 Å². The van der Waals surface area contributed by atoms with Gasteiger partial charge in [-0.15, -0.1) is 12.1 Å². The normalized spacial score (nSPS) is 18.4. The molecule has 0 saturated carbocycles. The van der Waals surface area contributed by atoms with Crippen LogP contribution in [0.1, 0.15) is 41.5 Å². The fourth-order valence-corrected chi connectivity index (χ4v) is 2.98. The van der Waals surface area contributed by atoms with Crippen LogP contribution in [0.2, 0.25) is 0 Å². The van der Waals surface area contributed by atoms with Crippen LogP contribution in [-0.2, 0) is 98.1 Å². The Morgan fingerprint density at radius 2 is 0.938 bits per heavy atom. The molecule has 0 aliphatic carbocycles. The summed E-state index contributed by atoms with van der Waals surface area (Å²) in [6.45, 7) is 19.7. The third kappa shape index (κ3) is 20.2. The van der Waals surface area contributed by atoms with Gasteiger partial charge in [-0.3, -0.25) is 4.90 Å². The molecule has 9 heteroatoms. The van der Waals surface area contributed by atoms with Crippen LogP contribution in [0.3, 0.4) is 0 Å². The van der Waals surface area contributed by atoms with Gasteiger partial charge < -0.3 is 56.3 Å². The van der Waals surface area contributed by atoms with E-state index in [1.807, 2.05) is 7.05 Å². The minimum Gasteiger partial charge on any atom is -0.673 e. The van der Waals surface area contributed by atoms with Gasteiger partial charge in [-0.25, -0.2) is 0 Å². The van der Waals surface area contributed by atoms with Gasteiger partial charge in [0.05, 0.1) is 0 Å². The smallest absolute Gasteiger partial charge is 0.0297 e. The maximum Gasteiger partial charge on any atom is 0.0297 e. The van der Waals surface area contributed by atoms with Crippen LogP contribution in [0.4, 0.5) is 0 Å². The number of likely N-dealkylation sites (N-methyl/N-ethyl adjacent to an activating group) is 1. The molecule has 3 rings (SSSR count). The molecule has 3 aliphatic heterocycles. The molecule has 3 aliphatic rings. The molecule has 0 amide bonds. The van der Waals surface area contributed by atoms with E-state index in [-0.39, 0.29) is 134 Å². The summed E-state index contributed by atoms with van der Waals surface area (Å²) >= 11 is 0. The van der Waals surface area contributed by atoms with Crippen molar-refractivity contribution in [2.75, 3.05) is 46.3 Å². The zero-order valence-electron chi connectivity index (χ0n) is 23.3. The summed E-state index contributed by atoms with van der Waals surface area (Å²) in [5.74, 6) is 0. The summed E-state index contributed by atoms with van der Waals surface area (Å²) in [5.41, 5.74) is 12.8. The molecule has 191 valence electrons. The molecule has 0 spiro atoms. The SMILES string of the molecule is CC(C)N1CC(N)C1.CC(C)N1CC([NH-])C1.C[N-]C1CN(C(C)C)C1.[CH3-].[CH3-].[CH3-].[CH3-].[Y].[Y].[Y]. The maximum atomic E-state index is 7.20. The van der Waals surface area contributed by atoms with Crippen LogP contribution in [0.5, 0.6) is 0 Å². The Bertz CT molecular complexity index is 336. The van der Waals surface area contributed by atoms with Gasteiger partial charge in [0.15, 0.2) is 0 Å². The fourth-order valence-electron chi connectivity index (χ4n) is 2.98. The van der Waals surface area contributed by atoms with Crippen molar-refractivity contribution in [1.29, 1.82) is 0 Å². The van der Waals surface area contributed by atoms with Gasteiger partial charge in [0, 0.05) is 135 Å². The molecule has 3 saturated heterocycles. The van der Waals surface area contributed by atoms with Crippen molar-refractivity contribution in [2.45, 2.75) is 77.8 Å². The number of hydrogen-bond donors (Lipinski definition) is 1. The van der Waals surface area contributed by atoms with Gasteiger partial charge in [0.2, 0.25) is 0 Å². The van der Waals surface area contributed by atoms with E-state index in [4.69, 9.17) is 11.5 Å². The fraction of sp³-hybridized carbons (Fsp3) is 0.826. The molecular weight excluding hydrogens is 627 g/mol. The number of nitrogens with zero attached hydrogens (tertiary/aromatic N) is 4. The average Bonchev–Trinajstić information content (AvgIpc) is 2.40.